The first kappa shape index (κ1) is 10.8. The molecule has 1 fully saturated rings. The van der Waals surface area contributed by atoms with Crippen molar-refractivity contribution in [1.82, 2.24) is 9.55 Å². The van der Waals surface area contributed by atoms with E-state index in [9.17, 15) is 0 Å². The van der Waals surface area contributed by atoms with Crippen molar-refractivity contribution in [2.75, 3.05) is 13.2 Å². The second-order valence-corrected chi connectivity index (χ2v) is 5.80. The summed E-state index contributed by atoms with van der Waals surface area (Å²) in [6, 6.07) is 7.03. The topological polar surface area (TPSA) is 27.1 Å². The maximum absolute atomic E-state index is 5.26. The zero-order valence-electron chi connectivity index (χ0n) is 10.6. The van der Waals surface area contributed by atoms with Crippen LogP contribution in [0.4, 0.5) is 0 Å². The van der Waals surface area contributed by atoms with Crippen LogP contribution in [-0.2, 0) is 10.2 Å². The molecule has 0 aliphatic carbocycles. The van der Waals surface area contributed by atoms with Crippen LogP contribution in [-0.4, -0.2) is 22.8 Å². The lowest BCUT2D eigenvalue weighted by Crippen LogP contribution is -2.30. The zero-order valence-corrected chi connectivity index (χ0v) is 10.6. The molecule has 1 aromatic carbocycles. The average Bonchev–Trinajstić information content (AvgIpc) is 2.57. The highest BCUT2D eigenvalue weighted by atomic mass is 16.5. The first-order valence-electron chi connectivity index (χ1n) is 6.10. The minimum Gasteiger partial charge on any atom is -0.377 e. The van der Waals surface area contributed by atoms with Crippen LogP contribution < -0.4 is 0 Å². The molecule has 0 unspecified atom stereocenters. The molecule has 0 atom stereocenters. The van der Waals surface area contributed by atoms with Gasteiger partial charge >= 0.3 is 0 Å². The zero-order chi connectivity index (χ0) is 12.0. The largest absolute Gasteiger partial charge is 0.377 e. The molecule has 3 rings (SSSR count). The molecule has 0 bridgehead atoms. The highest BCUT2D eigenvalue weighted by molar-refractivity contribution is 5.76. The van der Waals surface area contributed by atoms with Gasteiger partial charge in [-0.3, -0.25) is 0 Å². The molecule has 3 heteroatoms. The van der Waals surface area contributed by atoms with Gasteiger partial charge in [0.1, 0.15) is 0 Å². The van der Waals surface area contributed by atoms with E-state index in [0.717, 1.165) is 18.7 Å². The Morgan fingerprint density at radius 2 is 2.06 bits per heavy atom. The Hall–Kier alpha value is -1.35. The Bertz CT molecular complexity index is 547. The number of imidazole rings is 1. The summed E-state index contributed by atoms with van der Waals surface area (Å²) >= 11 is 0. The molecular weight excluding hydrogens is 212 g/mol. The second-order valence-electron chi connectivity index (χ2n) is 5.80. The van der Waals surface area contributed by atoms with E-state index in [1.54, 1.807) is 0 Å². The molecular formula is C14H18N2O. The Balaban J connectivity index is 2.12. The SMILES string of the molecule is CC(C)(C)c1ccc2ncn(C3COC3)c2c1. The highest BCUT2D eigenvalue weighted by Crippen LogP contribution is 2.28. The van der Waals surface area contributed by atoms with Gasteiger partial charge in [-0.1, -0.05) is 26.8 Å². The number of hydrogen-bond acceptors (Lipinski definition) is 2. The summed E-state index contributed by atoms with van der Waals surface area (Å²) in [6.45, 7) is 8.33. The summed E-state index contributed by atoms with van der Waals surface area (Å²) in [5.41, 5.74) is 3.84. The minimum atomic E-state index is 0.180. The third-order valence-corrected chi connectivity index (χ3v) is 3.45. The standard InChI is InChI=1S/C14H18N2O/c1-14(2,3)10-4-5-12-13(6-10)16(9-15-12)11-7-17-8-11/h4-6,9,11H,7-8H2,1-3H3. The molecule has 3 nitrogen and oxygen atoms in total. The van der Waals surface area contributed by atoms with E-state index < -0.39 is 0 Å². The fraction of sp³-hybridized carbons (Fsp3) is 0.500. The van der Waals surface area contributed by atoms with E-state index >= 15 is 0 Å². The minimum absolute atomic E-state index is 0.180. The lowest BCUT2D eigenvalue weighted by Gasteiger charge is -2.28. The van der Waals surface area contributed by atoms with E-state index in [1.807, 2.05) is 6.33 Å². The molecule has 0 amide bonds. The maximum Gasteiger partial charge on any atom is 0.0962 e. The molecule has 1 aliphatic rings. The van der Waals surface area contributed by atoms with E-state index in [-0.39, 0.29) is 5.41 Å². The average molecular weight is 230 g/mol. The van der Waals surface area contributed by atoms with Crippen molar-refractivity contribution in [2.24, 2.45) is 0 Å². The molecule has 90 valence electrons. The van der Waals surface area contributed by atoms with Gasteiger partial charge < -0.3 is 9.30 Å². The van der Waals surface area contributed by atoms with E-state index in [0.29, 0.717) is 6.04 Å². The van der Waals surface area contributed by atoms with Crippen LogP contribution in [0, 0.1) is 0 Å². The van der Waals surface area contributed by atoms with Crippen molar-refractivity contribution in [3.8, 4) is 0 Å². The van der Waals surface area contributed by atoms with Crippen LogP contribution in [0.1, 0.15) is 32.4 Å². The summed E-state index contributed by atoms with van der Waals surface area (Å²) in [7, 11) is 0. The number of rotatable bonds is 1. The van der Waals surface area contributed by atoms with Crippen molar-refractivity contribution < 1.29 is 4.74 Å². The lowest BCUT2D eigenvalue weighted by molar-refractivity contribution is -0.0216. The van der Waals surface area contributed by atoms with Gasteiger partial charge in [0.2, 0.25) is 0 Å². The molecule has 0 saturated carbocycles. The smallest absolute Gasteiger partial charge is 0.0962 e. The van der Waals surface area contributed by atoms with E-state index in [2.05, 4.69) is 48.5 Å². The van der Waals surface area contributed by atoms with Gasteiger partial charge in [0.05, 0.1) is 36.6 Å². The molecule has 2 heterocycles. The van der Waals surface area contributed by atoms with Crippen LogP contribution >= 0.6 is 0 Å². The van der Waals surface area contributed by atoms with Gasteiger partial charge in [0.25, 0.3) is 0 Å². The Kier molecular flexibility index (Phi) is 2.26. The normalized spacial score (nSPS) is 17.4. The Morgan fingerprint density at radius 1 is 1.29 bits per heavy atom. The molecule has 1 aliphatic heterocycles. The van der Waals surface area contributed by atoms with E-state index in [1.165, 1.54) is 11.1 Å². The number of benzene rings is 1. The van der Waals surface area contributed by atoms with Crippen LogP contribution in [0.5, 0.6) is 0 Å². The van der Waals surface area contributed by atoms with Crippen LogP contribution in [0.2, 0.25) is 0 Å². The second kappa shape index (κ2) is 3.57. The van der Waals surface area contributed by atoms with Crippen molar-refractivity contribution in [2.45, 2.75) is 32.2 Å². The first-order chi connectivity index (χ1) is 8.05. The number of nitrogens with zero attached hydrogens (tertiary/aromatic N) is 2. The fourth-order valence-electron chi connectivity index (χ4n) is 2.17. The molecule has 0 N–H and O–H groups in total. The summed E-state index contributed by atoms with van der Waals surface area (Å²) in [4.78, 5) is 4.45. The van der Waals surface area contributed by atoms with E-state index in [4.69, 9.17) is 4.74 Å². The third-order valence-electron chi connectivity index (χ3n) is 3.45. The predicted octanol–water partition coefficient (Wildman–Crippen LogP) is 2.91. The summed E-state index contributed by atoms with van der Waals surface area (Å²) < 4.78 is 7.50. The molecule has 1 aromatic heterocycles. The lowest BCUT2D eigenvalue weighted by atomic mass is 9.87. The van der Waals surface area contributed by atoms with Gasteiger partial charge in [0, 0.05) is 0 Å². The van der Waals surface area contributed by atoms with Crippen LogP contribution in [0.3, 0.4) is 0 Å². The maximum atomic E-state index is 5.26. The Morgan fingerprint density at radius 3 is 2.65 bits per heavy atom. The fourth-order valence-corrected chi connectivity index (χ4v) is 2.17. The molecule has 1 saturated heterocycles. The molecule has 0 radical (unpaired) electrons. The molecule has 17 heavy (non-hydrogen) atoms. The van der Waals surface area contributed by atoms with Crippen LogP contribution in [0.25, 0.3) is 11.0 Å². The monoisotopic (exact) mass is 230 g/mol. The Labute approximate surface area is 101 Å². The summed E-state index contributed by atoms with van der Waals surface area (Å²) in [5.74, 6) is 0. The van der Waals surface area contributed by atoms with Gasteiger partial charge in [-0.15, -0.1) is 0 Å². The molecule has 2 aromatic rings. The molecule has 0 spiro atoms. The highest BCUT2D eigenvalue weighted by Gasteiger charge is 2.23. The number of hydrogen-bond donors (Lipinski definition) is 0. The van der Waals surface area contributed by atoms with Crippen molar-refractivity contribution in [3.05, 3.63) is 30.1 Å². The van der Waals surface area contributed by atoms with Crippen LogP contribution in [0.15, 0.2) is 24.5 Å². The quantitative estimate of drug-likeness (QED) is 0.753. The van der Waals surface area contributed by atoms with Gasteiger partial charge in [0.15, 0.2) is 0 Å². The van der Waals surface area contributed by atoms with Crippen molar-refractivity contribution in [1.29, 1.82) is 0 Å². The first-order valence-corrected chi connectivity index (χ1v) is 6.10. The number of fused-ring (bicyclic) bond motifs is 1. The third kappa shape index (κ3) is 1.75. The van der Waals surface area contributed by atoms with Crippen molar-refractivity contribution in [3.63, 3.8) is 0 Å². The van der Waals surface area contributed by atoms with Gasteiger partial charge in [-0.05, 0) is 23.1 Å². The summed E-state index contributed by atoms with van der Waals surface area (Å²) in [6.07, 6.45) is 1.93. The predicted molar refractivity (Wildman–Crippen MR) is 68.3 cm³/mol. The van der Waals surface area contributed by atoms with Gasteiger partial charge in [-0.25, -0.2) is 4.98 Å². The number of aromatic nitrogens is 2. The number of ether oxygens (including phenoxy) is 1. The van der Waals surface area contributed by atoms with Crippen molar-refractivity contribution >= 4 is 11.0 Å². The summed E-state index contributed by atoms with van der Waals surface area (Å²) in [5, 5.41) is 0. The van der Waals surface area contributed by atoms with Gasteiger partial charge in [-0.2, -0.15) is 0 Å².